The van der Waals surface area contributed by atoms with E-state index in [1.807, 2.05) is 0 Å². The van der Waals surface area contributed by atoms with Crippen molar-refractivity contribution in [3.8, 4) is 0 Å². The van der Waals surface area contributed by atoms with Crippen LogP contribution in [0.1, 0.15) is 6.42 Å². The molecule has 1 rings (SSSR count). The fraction of sp³-hybridized carbons (Fsp3) is 1.00. The summed E-state index contributed by atoms with van der Waals surface area (Å²) in [6.07, 6.45) is 1.20. The topological polar surface area (TPSA) is 64.2 Å². The largest absolute Gasteiger partial charge is 0.772 e. The Balaban J connectivity index is 1.91. The van der Waals surface area contributed by atoms with E-state index in [1.54, 1.807) is 0 Å². The summed E-state index contributed by atoms with van der Waals surface area (Å²) in [5, 5.41) is 6.39. The van der Waals surface area contributed by atoms with Crippen molar-refractivity contribution in [2.45, 2.75) is 6.42 Å². The molecule has 12 heavy (non-hydrogen) atoms. The molecule has 2 unspecified atom stereocenters. The van der Waals surface area contributed by atoms with Crippen molar-refractivity contribution < 1.29 is 8.76 Å². The molecule has 0 aromatic heterocycles. The zero-order valence-corrected chi connectivity index (χ0v) is 7.86. The van der Waals surface area contributed by atoms with Crippen LogP contribution in [0.25, 0.3) is 0 Å². The molecule has 1 aliphatic heterocycles. The van der Waals surface area contributed by atoms with Crippen LogP contribution in [0.5, 0.6) is 0 Å². The number of hydrogen-bond acceptors (Lipinski definition) is 4. The molecule has 1 fully saturated rings. The molecule has 5 heteroatoms. The highest BCUT2D eigenvalue weighted by atomic mass is 32.2. The van der Waals surface area contributed by atoms with Crippen molar-refractivity contribution in [1.82, 2.24) is 10.6 Å². The molecule has 1 heterocycles. The Bertz CT molecular complexity index is 148. The van der Waals surface area contributed by atoms with Crippen LogP contribution in [0.3, 0.4) is 0 Å². The molecule has 0 saturated carbocycles. The average Bonchev–Trinajstić information content (AvgIpc) is 2.49. The average molecular weight is 191 g/mol. The standard InChI is InChI=1S/C7H16N2O2S/c10-12(11)4-3-9-6-7-1-2-8-5-7/h7-9H,1-6H2,(H,10,11)/p-1. The Morgan fingerprint density at radius 1 is 1.67 bits per heavy atom. The zero-order chi connectivity index (χ0) is 8.81. The summed E-state index contributed by atoms with van der Waals surface area (Å²) in [4.78, 5) is 0. The molecule has 0 spiro atoms. The molecular formula is C7H15N2O2S-. The van der Waals surface area contributed by atoms with Gasteiger partial charge in [0.05, 0.1) is 0 Å². The first-order valence-electron chi connectivity index (χ1n) is 4.26. The van der Waals surface area contributed by atoms with Crippen LogP contribution < -0.4 is 10.6 Å². The molecule has 0 radical (unpaired) electrons. The molecule has 2 N–H and O–H groups in total. The first-order chi connectivity index (χ1) is 5.79. The third-order valence-corrected chi connectivity index (χ3v) is 2.58. The summed E-state index contributed by atoms with van der Waals surface area (Å²) < 4.78 is 20.3. The Morgan fingerprint density at radius 3 is 3.08 bits per heavy atom. The second kappa shape index (κ2) is 5.64. The first kappa shape index (κ1) is 10.1. The molecule has 0 bridgehead atoms. The Labute approximate surface area is 75.4 Å². The van der Waals surface area contributed by atoms with Gasteiger partial charge in [0.25, 0.3) is 0 Å². The van der Waals surface area contributed by atoms with Gasteiger partial charge >= 0.3 is 0 Å². The van der Waals surface area contributed by atoms with Gasteiger partial charge in [-0.3, -0.25) is 4.21 Å². The smallest absolute Gasteiger partial charge is 0.0227 e. The van der Waals surface area contributed by atoms with Crippen molar-refractivity contribution in [2.75, 3.05) is 31.9 Å². The van der Waals surface area contributed by atoms with Crippen LogP contribution in [0.15, 0.2) is 0 Å². The highest BCUT2D eigenvalue weighted by molar-refractivity contribution is 7.79. The van der Waals surface area contributed by atoms with Gasteiger partial charge in [-0.25, -0.2) is 0 Å². The van der Waals surface area contributed by atoms with E-state index in [4.69, 9.17) is 0 Å². The van der Waals surface area contributed by atoms with Gasteiger partial charge in [0.15, 0.2) is 0 Å². The maximum Gasteiger partial charge on any atom is 0.0227 e. The summed E-state index contributed by atoms with van der Waals surface area (Å²) in [5.41, 5.74) is 0. The predicted octanol–water partition coefficient (Wildman–Crippen LogP) is -0.935. The molecule has 0 amide bonds. The Morgan fingerprint density at radius 2 is 2.50 bits per heavy atom. The van der Waals surface area contributed by atoms with Gasteiger partial charge in [0.2, 0.25) is 0 Å². The minimum Gasteiger partial charge on any atom is -0.772 e. The lowest BCUT2D eigenvalue weighted by Crippen LogP contribution is -2.27. The second-order valence-electron chi connectivity index (χ2n) is 3.07. The second-order valence-corrected chi connectivity index (χ2v) is 4.09. The molecule has 72 valence electrons. The van der Waals surface area contributed by atoms with E-state index < -0.39 is 11.1 Å². The monoisotopic (exact) mass is 191 g/mol. The molecule has 4 nitrogen and oxygen atoms in total. The Kier molecular flexibility index (Phi) is 4.75. The minimum atomic E-state index is -1.90. The normalized spacial score (nSPS) is 25.9. The van der Waals surface area contributed by atoms with Crippen molar-refractivity contribution in [2.24, 2.45) is 5.92 Å². The first-order valence-corrected chi connectivity index (χ1v) is 5.50. The maximum atomic E-state index is 10.1. The molecule has 0 aliphatic carbocycles. The molecule has 0 aromatic carbocycles. The molecule has 2 atom stereocenters. The lowest BCUT2D eigenvalue weighted by Gasteiger charge is -2.10. The number of hydrogen-bond donors (Lipinski definition) is 2. The third-order valence-electron chi connectivity index (χ3n) is 2.04. The van der Waals surface area contributed by atoms with Gasteiger partial charge in [-0.2, -0.15) is 0 Å². The quantitative estimate of drug-likeness (QED) is 0.435. The summed E-state index contributed by atoms with van der Waals surface area (Å²) >= 11 is -1.90. The maximum absolute atomic E-state index is 10.1. The van der Waals surface area contributed by atoms with E-state index in [1.165, 1.54) is 6.42 Å². The highest BCUT2D eigenvalue weighted by Crippen LogP contribution is 2.04. The van der Waals surface area contributed by atoms with Crippen molar-refractivity contribution in [1.29, 1.82) is 0 Å². The van der Waals surface area contributed by atoms with E-state index in [0.29, 0.717) is 12.5 Å². The van der Waals surface area contributed by atoms with Crippen molar-refractivity contribution in [3.05, 3.63) is 0 Å². The van der Waals surface area contributed by atoms with E-state index >= 15 is 0 Å². The molecular weight excluding hydrogens is 176 g/mol. The van der Waals surface area contributed by atoms with E-state index in [9.17, 15) is 8.76 Å². The predicted molar refractivity (Wildman–Crippen MR) is 47.6 cm³/mol. The lowest BCUT2D eigenvalue weighted by atomic mass is 10.1. The fourth-order valence-corrected chi connectivity index (χ4v) is 1.66. The Hall–Kier alpha value is 0.0300. The van der Waals surface area contributed by atoms with Crippen LogP contribution >= 0.6 is 0 Å². The van der Waals surface area contributed by atoms with Gasteiger partial charge in [0, 0.05) is 12.3 Å². The molecule has 1 aliphatic rings. The van der Waals surface area contributed by atoms with Crippen molar-refractivity contribution in [3.63, 3.8) is 0 Å². The minimum absolute atomic E-state index is 0.222. The van der Waals surface area contributed by atoms with Crippen LogP contribution in [0.4, 0.5) is 0 Å². The molecule has 0 aromatic rings. The van der Waals surface area contributed by atoms with Crippen LogP contribution in [0.2, 0.25) is 0 Å². The van der Waals surface area contributed by atoms with Gasteiger partial charge < -0.3 is 15.2 Å². The summed E-state index contributed by atoms with van der Waals surface area (Å²) in [6, 6.07) is 0. The third kappa shape index (κ3) is 4.15. The van der Waals surface area contributed by atoms with E-state index in [2.05, 4.69) is 10.6 Å². The van der Waals surface area contributed by atoms with E-state index in [-0.39, 0.29) is 5.75 Å². The molecule has 1 saturated heterocycles. The summed E-state index contributed by atoms with van der Waals surface area (Å²) in [6.45, 7) is 3.67. The zero-order valence-electron chi connectivity index (χ0n) is 7.04. The SMILES string of the molecule is O=S([O-])CCNCC1CCNC1. The lowest BCUT2D eigenvalue weighted by molar-refractivity contribution is 0.511. The van der Waals surface area contributed by atoms with Gasteiger partial charge in [-0.15, -0.1) is 0 Å². The highest BCUT2D eigenvalue weighted by Gasteiger charge is 2.12. The fourth-order valence-electron chi connectivity index (χ4n) is 1.35. The van der Waals surface area contributed by atoms with Gasteiger partial charge in [0.1, 0.15) is 0 Å². The van der Waals surface area contributed by atoms with Crippen LogP contribution in [0, 0.1) is 5.92 Å². The van der Waals surface area contributed by atoms with Gasteiger partial charge in [-0.1, -0.05) is 11.1 Å². The summed E-state index contributed by atoms with van der Waals surface area (Å²) in [7, 11) is 0. The number of rotatable bonds is 5. The van der Waals surface area contributed by atoms with Crippen molar-refractivity contribution >= 4 is 11.1 Å². The van der Waals surface area contributed by atoms with Gasteiger partial charge in [-0.05, 0) is 32.0 Å². The summed E-state index contributed by atoms with van der Waals surface area (Å²) in [5.74, 6) is 0.908. The van der Waals surface area contributed by atoms with E-state index in [0.717, 1.165) is 19.6 Å². The van der Waals surface area contributed by atoms with Crippen LogP contribution in [-0.2, 0) is 11.1 Å². The van der Waals surface area contributed by atoms with Crippen LogP contribution in [-0.4, -0.2) is 40.7 Å². The number of nitrogens with one attached hydrogen (secondary N) is 2.